The van der Waals surface area contributed by atoms with Crippen LogP contribution in [0.15, 0.2) is 22.7 Å². The zero-order valence-corrected chi connectivity index (χ0v) is 11.9. The van der Waals surface area contributed by atoms with Crippen molar-refractivity contribution in [2.24, 2.45) is 0 Å². The average Bonchev–Trinajstić information content (AvgIpc) is 2.79. The van der Waals surface area contributed by atoms with Gasteiger partial charge in [0.15, 0.2) is 11.5 Å². The van der Waals surface area contributed by atoms with E-state index in [1.165, 1.54) is 6.07 Å². The van der Waals surface area contributed by atoms with E-state index in [1.54, 1.807) is 6.07 Å². The van der Waals surface area contributed by atoms with Gasteiger partial charge in [-0.25, -0.2) is 4.79 Å². The normalized spacial score (nSPS) is 13.8. The summed E-state index contributed by atoms with van der Waals surface area (Å²) >= 11 is 3.45. The Bertz CT molecular complexity index is 668. The lowest BCUT2D eigenvalue weighted by Crippen LogP contribution is -1.97. The van der Waals surface area contributed by atoms with Crippen LogP contribution in [0.3, 0.4) is 0 Å². The molecule has 0 amide bonds. The number of benzene rings is 1. The van der Waals surface area contributed by atoms with Crippen LogP contribution in [0.4, 0.5) is 0 Å². The fourth-order valence-electron chi connectivity index (χ4n) is 1.95. The monoisotopic (exact) mass is 338 g/mol. The summed E-state index contributed by atoms with van der Waals surface area (Å²) in [6.45, 7) is 1.21. The number of carboxylic acids is 1. The van der Waals surface area contributed by atoms with Gasteiger partial charge in [-0.3, -0.25) is 5.10 Å². The number of carbonyl (C=O) groups is 1. The minimum Gasteiger partial charge on any atom is -0.490 e. The molecule has 7 heteroatoms. The number of hydrogen-bond acceptors (Lipinski definition) is 4. The van der Waals surface area contributed by atoms with Crippen LogP contribution in [-0.4, -0.2) is 34.5 Å². The van der Waals surface area contributed by atoms with Crippen molar-refractivity contribution in [3.8, 4) is 22.8 Å². The van der Waals surface area contributed by atoms with Crippen molar-refractivity contribution in [2.75, 3.05) is 13.2 Å². The second-order valence-corrected chi connectivity index (χ2v) is 5.16. The van der Waals surface area contributed by atoms with E-state index in [0.717, 1.165) is 16.5 Å². The molecule has 6 nitrogen and oxygen atoms in total. The minimum atomic E-state index is -1.05. The van der Waals surface area contributed by atoms with E-state index < -0.39 is 5.97 Å². The molecule has 0 radical (unpaired) electrons. The summed E-state index contributed by atoms with van der Waals surface area (Å²) in [7, 11) is 0. The van der Waals surface area contributed by atoms with Crippen molar-refractivity contribution >= 4 is 21.9 Å². The molecule has 0 fully saturated rings. The van der Waals surface area contributed by atoms with Crippen LogP contribution < -0.4 is 9.47 Å². The number of halogens is 1. The molecule has 0 atom stereocenters. The van der Waals surface area contributed by atoms with Gasteiger partial charge in [-0.2, -0.15) is 5.10 Å². The molecule has 20 heavy (non-hydrogen) atoms. The predicted molar refractivity (Wildman–Crippen MR) is 74.3 cm³/mol. The summed E-state index contributed by atoms with van der Waals surface area (Å²) in [4.78, 5) is 10.9. The third-order valence-corrected chi connectivity index (χ3v) is 3.58. The number of H-pyrrole nitrogens is 1. The maximum Gasteiger partial charge on any atom is 0.353 e. The number of hydrogen-bond donors (Lipinski definition) is 2. The Hall–Kier alpha value is -2.02. The van der Waals surface area contributed by atoms with Crippen molar-refractivity contribution in [2.45, 2.75) is 6.42 Å². The fraction of sp³-hybridized carbons (Fsp3) is 0.231. The van der Waals surface area contributed by atoms with Gasteiger partial charge in [0, 0.05) is 16.5 Å². The molecule has 0 unspecified atom stereocenters. The predicted octanol–water partition coefficient (Wildman–Crippen LogP) is 2.70. The van der Waals surface area contributed by atoms with Gasteiger partial charge in [0.1, 0.15) is 5.69 Å². The highest BCUT2D eigenvalue weighted by atomic mass is 79.9. The lowest BCUT2D eigenvalue weighted by molar-refractivity contribution is 0.0690. The Morgan fingerprint density at radius 2 is 1.95 bits per heavy atom. The number of fused-ring (bicyclic) bond motifs is 1. The fourth-order valence-corrected chi connectivity index (χ4v) is 2.47. The first-order valence-corrected chi connectivity index (χ1v) is 6.82. The number of aromatic amines is 1. The maximum atomic E-state index is 10.9. The quantitative estimate of drug-likeness (QED) is 0.879. The Morgan fingerprint density at radius 1 is 1.25 bits per heavy atom. The van der Waals surface area contributed by atoms with E-state index in [0.29, 0.717) is 30.4 Å². The number of ether oxygens (including phenoxy) is 2. The zero-order chi connectivity index (χ0) is 14.1. The largest absolute Gasteiger partial charge is 0.490 e. The molecule has 0 saturated carbocycles. The van der Waals surface area contributed by atoms with Crippen molar-refractivity contribution in [3.63, 3.8) is 0 Å². The Labute approximate surface area is 122 Å². The first-order valence-electron chi connectivity index (χ1n) is 6.03. The topological polar surface area (TPSA) is 84.4 Å². The summed E-state index contributed by atoms with van der Waals surface area (Å²) in [6, 6.07) is 5.09. The van der Waals surface area contributed by atoms with Gasteiger partial charge in [0.2, 0.25) is 0 Å². The first-order chi connectivity index (χ1) is 9.65. The van der Waals surface area contributed by atoms with Gasteiger partial charge >= 0.3 is 5.97 Å². The number of carboxylic acid groups (broad SMARTS) is 1. The molecular formula is C13H11BrN2O4. The van der Waals surface area contributed by atoms with Gasteiger partial charge < -0.3 is 14.6 Å². The number of aromatic carboxylic acids is 1. The van der Waals surface area contributed by atoms with Gasteiger partial charge in [0.05, 0.1) is 18.9 Å². The lowest BCUT2D eigenvalue weighted by Gasteiger charge is -2.10. The van der Waals surface area contributed by atoms with E-state index >= 15 is 0 Å². The van der Waals surface area contributed by atoms with Gasteiger partial charge in [-0.1, -0.05) is 0 Å². The SMILES string of the molecule is O=C(O)c1cc(-c2cc3c(cc2Br)OCCCO3)n[nH]1. The molecule has 0 saturated heterocycles. The number of aromatic nitrogens is 2. The third kappa shape index (κ3) is 2.36. The van der Waals surface area contributed by atoms with Crippen LogP contribution in [-0.2, 0) is 0 Å². The summed E-state index contributed by atoms with van der Waals surface area (Å²) in [5, 5.41) is 15.4. The van der Waals surface area contributed by atoms with E-state index in [2.05, 4.69) is 26.1 Å². The average molecular weight is 339 g/mol. The summed E-state index contributed by atoms with van der Waals surface area (Å²) in [5.74, 6) is 0.266. The third-order valence-electron chi connectivity index (χ3n) is 2.92. The molecule has 1 aliphatic heterocycles. The number of rotatable bonds is 2. The molecule has 1 aliphatic rings. The molecule has 0 aliphatic carbocycles. The van der Waals surface area contributed by atoms with E-state index in [9.17, 15) is 4.79 Å². The van der Waals surface area contributed by atoms with E-state index in [1.807, 2.05) is 6.07 Å². The lowest BCUT2D eigenvalue weighted by atomic mass is 10.1. The van der Waals surface area contributed by atoms with E-state index in [4.69, 9.17) is 14.6 Å². The molecular weight excluding hydrogens is 328 g/mol. The Balaban J connectivity index is 2.04. The highest BCUT2D eigenvalue weighted by molar-refractivity contribution is 9.10. The van der Waals surface area contributed by atoms with Crippen LogP contribution in [0.1, 0.15) is 16.9 Å². The maximum absolute atomic E-state index is 10.9. The standard InChI is InChI=1S/C13H11BrN2O4/c14-8-5-12-11(19-2-1-3-20-12)4-7(8)9-6-10(13(17)18)16-15-9/h4-6H,1-3H2,(H,15,16)(H,17,18). The van der Waals surface area contributed by atoms with Crippen LogP contribution >= 0.6 is 15.9 Å². The summed E-state index contributed by atoms with van der Waals surface area (Å²) < 4.78 is 12.0. The highest BCUT2D eigenvalue weighted by Gasteiger charge is 2.17. The highest BCUT2D eigenvalue weighted by Crippen LogP contribution is 2.39. The van der Waals surface area contributed by atoms with Gasteiger partial charge in [-0.05, 0) is 34.1 Å². The van der Waals surface area contributed by atoms with E-state index in [-0.39, 0.29) is 5.69 Å². The van der Waals surface area contributed by atoms with Crippen molar-refractivity contribution < 1.29 is 19.4 Å². The summed E-state index contributed by atoms with van der Waals surface area (Å²) in [5.41, 5.74) is 1.32. The number of nitrogens with one attached hydrogen (secondary N) is 1. The van der Waals surface area contributed by atoms with Crippen molar-refractivity contribution in [1.29, 1.82) is 0 Å². The van der Waals surface area contributed by atoms with Gasteiger partial charge in [-0.15, -0.1) is 0 Å². The molecule has 1 aromatic heterocycles. The molecule has 2 aromatic rings. The van der Waals surface area contributed by atoms with Gasteiger partial charge in [0.25, 0.3) is 0 Å². The molecule has 2 heterocycles. The number of nitrogens with zero attached hydrogens (tertiary/aromatic N) is 1. The molecule has 0 bridgehead atoms. The Kier molecular flexibility index (Phi) is 3.35. The molecule has 2 N–H and O–H groups in total. The summed E-state index contributed by atoms with van der Waals surface area (Å²) in [6.07, 6.45) is 0.827. The smallest absolute Gasteiger partial charge is 0.353 e. The first kappa shape index (κ1) is 13.0. The molecule has 104 valence electrons. The Morgan fingerprint density at radius 3 is 2.60 bits per heavy atom. The minimum absolute atomic E-state index is 0.0408. The molecule has 3 rings (SSSR count). The van der Waals surface area contributed by atoms with Crippen LogP contribution in [0.5, 0.6) is 11.5 Å². The zero-order valence-electron chi connectivity index (χ0n) is 10.4. The second kappa shape index (κ2) is 5.16. The molecule has 0 spiro atoms. The van der Waals surface area contributed by atoms with Crippen molar-refractivity contribution in [1.82, 2.24) is 10.2 Å². The van der Waals surface area contributed by atoms with Crippen LogP contribution in [0, 0.1) is 0 Å². The van der Waals surface area contributed by atoms with Crippen LogP contribution in [0.25, 0.3) is 11.3 Å². The second-order valence-electron chi connectivity index (χ2n) is 4.30. The van der Waals surface area contributed by atoms with Crippen LogP contribution in [0.2, 0.25) is 0 Å². The van der Waals surface area contributed by atoms with Crippen molar-refractivity contribution in [3.05, 3.63) is 28.4 Å². The molecule has 1 aromatic carbocycles.